The van der Waals surface area contributed by atoms with Gasteiger partial charge >= 0.3 is 0 Å². The third-order valence-electron chi connectivity index (χ3n) is 5.54. The zero-order valence-corrected chi connectivity index (χ0v) is 15.7. The highest BCUT2D eigenvalue weighted by molar-refractivity contribution is 7.09. The lowest BCUT2D eigenvalue weighted by Crippen LogP contribution is -2.31. The molecule has 1 fully saturated rings. The fourth-order valence-corrected chi connectivity index (χ4v) is 5.00. The molecule has 0 saturated carbocycles. The smallest absolute Gasteiger partial charge is 0.293 e. The van der Waals surface area contributed by atoms with Crippen molar-refractivity contribution >= 4 is 22.9 Å². The van der Waals surface area contributed by atoms with Gasteiger partial charge in [-0.2, -0.15) is 0 Å². The maximum Gasteiger partial charge on any atom is 0.293 e. The van der Waals surface area contributed by atoms with Gasteiger partial charge in [-0.25, -0.2) is 0 Å². The Balaban J connectivity index is 1.30. The summed E-state index contributed by atoms with van der Waals surface area (Å²) in [5.74, 6) is 2.33. The molecule has 2 aliphatic heterocycles. The first-order chi connectivity index (χ1) is 13.3. The van der Waals surface area contributed by atoms with Crippen molar-refractivity contribution in [2.75, 3.05) is 18.4 Å². The van der Waals surface area contributed by atoms with Gasteiger partial charge in [-0.3, -0.25) is 9.69 Å². The number of fused-ring (bicyclic) bond motifs is 2. The van der Waals surface area contributed by atoms with Gasteiger partial charge in [-0.15, -0.1) is 21.5 Å². The number of hydrogen-bond acceptors (Lipinski definition) is 5. The summed E-state index contributed by atoms with van der Waals surface area (Å²) >= 11 is 1.82. The van der Waals surface area contributed by atoms with Gasteiger partial charge in [-0.1, -0.05) is 24.3 Å². The number of nitrogens with one attached hydrogen (secondary N) is 1. The lowest BCUT2D eigenvalue weighted by molar-refractivity contribution is 0.100. The van der Waals surface area contributed by atoms with Crippen LogP contribution in [0.1, 0.15) is 21.3 Å². The van der Waals surface area contributed by atoms with Crippen LogP contribution in [0.25, 0.3) is 0 Å². The molecule has 7 heteroatoms. The number of benzene rings is 1. The van der Waals surface area contributed by atoms with E-state index in [1.807, 2.05) is 46.2 Å². The minimum absolute atomic E-state index is 0.188. The van der Waals surface area contributed by atoms with Gasteiger partial charge < -0.3 is 9.88 Å². The van der Waals surface area contributed by atoms with Gasteiger partial charge in [0.2, 0.25) is 5.82 Å². The molecule has 5 rings (SSSR count). The minimum Gasteiger partial charge on any atom is -0.319 e. The Labute approximate surface area is 161 Å². The minimum atomic E-state index is -0.188. The Bertz CT molecular complexity index is 937. The molecule has 2 aromatic heterocycles. The van der Waals surface area contributed by atoms with E-state index in [1.54, 1.807) is 0 Å². The predicted octanol–water partition coefficient (Wildman–Crippen LogP) is 2.90. The van der Waals surface area contributed by atoms with Crippen LogP contribution < -0.4 is 5.32 Å². The maximum absolute atomic E-state index is 12.7. The van der Waals surface area contributed by atoms with E-state index in [9.17, 15) is 4.79 Å². The normalized spacial score (nSPS) is 21.6. The number of thiophene rings is 1. The molecule has 2 atom stereocenters. The summed E-state index contributed by atoms with van der Waals surface area (Å²) in [6, 6.07) is 13.8. The zero-order chi connectivity index (χ0) is 18.2. The lowest BCUT2D eigenvalue weighted by atomic mass is 9.89. The van der Waals surface area contributed by atoms with E-state index in [1.165, 1.54) is 4.88 Å². The van der Waals surface area contributed by atoms with Gasteiger partial charge in [0, 0.05) is 43.2 Å². The quantitative estimate of drug-likeness (QED) is 0.757. The molecule has 1 aromatic carbocycles. The van der Waals surface area contributed by atoms with Crippen molar-refractivity contribution in [2.24, 2.45) is 11.8 Å². The van der Waals surface area contributed by atoms with Gasteiger partial charge in [0.15, 0.2) is 0 Å². The fourth-order valence-electron chi connectivity index (χ4n) is 4.25. The molecule has 3 aromatic rings. The summed E-state index contributed by atoms with van der Waals surface area (Å²) in [5, 5.41) is 13.6. The molecule has 138 valence electrons. The predicted molar refractivity (Wildman–Crippen MR) is 105 cm³/mol. The van der Waals surface area contributed by atoms with Crippen molar-refractivity contribution in [3.63, 3.8) is 0 Å². The summed E-state index contributed by atoms with van der Waals surface area (Å²) in [4.78, 5) is 16.6. The second-order valence-electron chi connectivity index (χ2n) is 7.37. The van der Waals surface area contributed by atoms with Gasteiger partial charge in [0.1, 0.15) is 5.82 Å². The van der Waals surface area contributed by atoms with E-state index in [2.05, 4.69) is 37.9 Å². The monoisotopic (exact) mass is 379 g/mol. The summed E-state index contributed by atoms with van der Waals surface area (Å²) in [6.45, 7) is 4.01. The number of anilines is 1. The van der Waals surface area contributed by atoms with Crippen LogP contribution in [0.3, 0.4) is 0 Å². The Hall–Kier alpha value is -2.51. The third kappa shape index (κ3) is 3.28. The SMILES string of the molecule is O=C(Nc1ccccc1)c1nnc2n1C[C@H]1CN(Cc3cccs3)C[C@@H]1C2. The second-order valence-corrected chi connectivity index (χ2v) is 8.40. The largest absolute Gasteiger partial charge is 0.319 e. The number of aromatic nitrogens is 3. The van der Waals surface area contributed by atoms with Crippen LogP contribution in [-0.4, -0.2) is 38.7 Å². The molecule has 0 bridgehead atoms. The third-order valence-corrected chi connectivity index (χ3v) is 6.40. The van der Waals surface area contributed by atoms with Crippen molar-refractivity contribution in [1.29, 1.82) is 0 Å². The van der Waals surface area contributed by atoms with Crippen LogP contribution in [0.4, 0.5) is 5.69 Å². The van der Waals surface area contributed by atoms with Crippen molar-refractivity contribution < 1.29 is 4.79 Å². The van der Waals surface area contributed by atoms with E-state index < -0.39 is 0 Å². The first kappa shape index (κ1) is 16.6. The highest BCUT2D eigenvalue weighted by Crippen LogP contribution is 2.33. The van der Waals surface area contributed by atoms with Crippen molar-refractivity contribution in [1.82, 2.24) is 19.7 Å². The van der Waals surface area contributed by atoms with Crippen molar-refractivity contribution in [3.8, 4) is 0 Å². The number of nitrogens with zero attached hydrogens (tertiary/aromatic N) is 4. The van der Waals surface area contributed by atoms with E-state index in [0.29, 0.717) is 17.7 Å². The highest BCUT2D eigenvalue weighted by atomic mass is 32.1. The summed E-state index contributed by atoms with van der Waals surface area (Å²) in [5.41, 5.74) is 0.775. The molecule has 1 saturated heterocycles. The molecular weight excluding hydrogens is 358 g/mol. The maximum atomic E-state index is 12.7. The molecule has 0 unspecified atom stereocenters. The number of amides is 1. The van der Waals surface area contributed by atoms with E-state index in [4.69, 9.17) is 0 Å². The average Bonchev–Trinajstić information content (AvgIpc) is 3.40. The molecule has 1 N–H and O–H groups in total. The zero-order valence-electron chi connectivity index (χ0n) is 14.9. The number of likely N-dealkylation sites (tertiary alicyclic amines) is 1. The number of rotatable bonds is 4. The molecule has 4 heterocycles. The number of hydrogen-bond donors (Lipinski definition) is 1. The van der Waals surface area contributed by atoms with Gasteiger partial charge in [-0.05, 0) is 35.4 Å². The Morgan fingerprint density at radius 2 is 1.93 bits per heavy atom. The molecule has 6 nitrogen and oxygen atoms in total. The molecule has 0 spiro atoms. The first-order valence-electron chi connectivity index (χ1n) is 9.29. The van der Waals surface area contributed by atoms with Crippen LogP contribution in [0.15, 0.2) is 47.8 Å². The molecule has 27 heavy (non-hydrogen) atoms. The first-order valence-corrected chi connectivity index (χ1v) is 10.2. The molecular formula is C20H21N5OS. The number of carbonyl (C=O) groups excluding carboxylic acids is 1. The molecule has 2 aliphatic rings. The standard InChI is InChI=1S/C20H21N5OS/c26-20(21-16-5-2-1-3-6-16)19-23-22-18-9-14-10-24(11-15(14)12-25(18)19)13-17-7-4-8-27-17/h1-8,14-15H,9-13H2,(H,21,26)/t14-,15+/m0/s1. The molecule has 1 amide bonds. The van der Waals surface area contributed by atoms with Gasteiger partial charge in [0.25, 0.3) is 5.91 Å². The Morgan fingerprint density at radius 1 is 1.07 bits per heavy atom. The number of para-hydroxylation sites is 1. The van der Waals surface area contributed by atoms with Crippen molar-refractivity contribution in [2.45, 2.75) is 19.5 Å². The number of carbonyl (C=O) groups is 1. The lowest BCUT2D eigenvalue weighted by Gasteiger charge is -2.25. The van der Waals surface area contributed by atoms with Crippen LogP contribution in [-0.2, 0) is 19.5 Å². The summed E-state index contributed by atoms with van der Waals surface area (Å²) in [6.07, 6.45) is 0.900. The summed E-state index contributed by atoms with van der Waals surface area (Å²) < 4.78 is 2.02. The van der Waals surface area contributed by atoms with E-state index in [-0.39, 0.29) is 5.91 Å². The molecule has 0 aliphatic carbocycles. The van der Waals surface area contributed by atoms with E-state index in [0.717, 1.165) is 44.1 Å². The molecule has 0 radical (unpaired) electrons. The summed E-state index contributed by atoms with van der Waals surface area (Å²) in [7, 11) is 0. The average molecular weight is 379 g/mol. The van der Waals surface area contributed by atoms with Crippen LogP contribution >= 0.6 is 11.3 Å². The van der Waals surface area contributed by atoms with Crippen molar-refractivity contribution in [3.05, 3.63) is 64.4 Å². The Morgan fingerprint density at radius 3 is 2.74 bits per heavy atom. The van der Waals surface area contributed by atoms with Crippen LogP contribution in [0, 0.1) is 11.8 Å². The van der Waals surface area contributed by atoms with Gasteiger partial charge in [0.05, 0.1) is 0 Å². The Kier molecular flexibility index (Phi) is 4.26. The fraction of sp³-hybridized carbons (Fsp3) is 0.350. The van der Waals surface area contributed by atoms with Crippen LogP contribution in [0.5, 0.6) is 0 Å². The van der Waals surface area contributed by atoms with Crippen LogP contribution in [0.2, 0.25) is 0 Å². The van der Waals surface area contributed by atoms with E-state index >= 15 is 0 Å². The highest BCUT2D eigenvalue weighted by Gasteiger charge is 2.39. The topological polar surface area (TPSA) is 63.1 Å². The second kappa shape index (κ2) is 6.90.